The molecule has 8 heteroatoms. The second-order valence-electron chi connectivity index (χ2n) is 10.6. The van der Waals surface area contributed by atoms with Crippen LogP contribution in [-0.4, -0.2) is 21.9 Å². The number of para-hydroxylation sites is 2. The van der Waals surface area contributed by atoms with Gasteiger partial charge in [0.05, 0.1) is 34.3 Å². The first kappa shape index (κ1) is 28.4. The number of aromatic nitrogens is 2. The zero-order valence-corrected chi connectivity index (χ0v) is 24.5. The van der Waals surface area contributed by atoms with E-state index in [0.717, 1.165) is 28.1 Å². The number of benzene rings is 5. The Balaban J connectivity index is 1.07. The Bertz CT molecular complexity index is 2050. The molecule has 1 atom stereocenters. The van der Waals surface area contributed by atoms with Crippen molar-refractivity contribution in [1.82, 2.24) is 20.6 Å². The standard InChI is InChI=1S/C38H28N4O4/c43-37(25-12-3-1-4-13-25)45-33-20-9-7-18-29(33)35-39-23-31(41-35)27-16-11-17-28(22-27)32-24-40-36(42-32)30-19-8-10-21-34(30)46-38(44)26-14-5-2-6-15-26/h1-24,35,39,41H,(H,40,42). The minimum Gasteiger partial charge on any atom is -0.422 e. The Morgan fingerprint density at radius 2 is 1.24 bits per heavy atom. The lowest BCUT2D eigenvalue weighted by molar-refractivity contribution is 0.0724. The highest BCUT2D eigenvalue weighted by molar-refractivity contribution is 5.92. The quantitative estimate of drug-likeness (QED) is 0.123. The van der Waals surface area contributed by atoms with Crippen LogP contribution in [0.25, 0.3) is 28.3 Å². The van der Waals surface area contributed by atoms with Crippen LogP contribution in [0, 0.1) is 0 Å². The van der Waals surface area contributed by atoms with Crippen LogP contribution in [0.4, 0.5) is 0 Å². The first-order chi connectivity index (χ1) is 22.6. The van der Waals surface area contributed by atoms with Crippen LogP contribution in [0.3, 0.4) is 0 Å². The summed E-state index contributed by atoms with van der Waals surface area (Å²) in [6, 6.07) is 40.6. The Hall–Kier alpha value is -6.41. The van der Waals surface area contributed by atoms with Crippen LogP contribution < -0.4 is 20.1 Å². The second-order valence-corrected chi connectivity index (χ2v) is 10.6. The molecular weight excluding hydrogens is 576 g/mol. The van der Waals surface area contributed by atoms with E-state index in [9.17, 15) is 9.59 Å². The third kappa shape index (κ3) is 6.00. The van der Waals surface area contributed by atoms with Gasteiger partial charge in [-0.1, -0.05) is 84.9 Å². The van der Waals surface area contributed by atoms with E-state index >= 15 is 0 Å². The van der Waals surface area contributed by atoms with Crippen molar-refractivity contribution in [3.8, 4) is 34.1 Å². The molecule has 5 aromatic carbocycles. The highest BCUT2D eigenvalue weighted by Gasteiger charge is 2.23. The molecule has 0 bridgehead atoms. The molecule has 1 aromatic heterocycles. The maximum absolute atomic E-state index is 12.8. The molecule has 0 fully saturated rings. The predicted octanol–water partition coefficient (Wildman–Crippen LogP) is 7.37. The number of hydrogen-bond donors (Lipinski definition) is 3. The SMILES string of the molecule is O=C(Oc1ccccc1-c1ncc(-c2cccc(C3=CNC(c4ccccc4OC(=O)c4ccccc4)N3)c2)[nH]1)c1ccccc1. The number of esters is 2. The molecule has 1 aliphatic heterocycles. The molecule has 0 saturated carbocycles. The molecule has 0 spiro atoms. The predicted molar refractivity (Wildman–Crippen MR) is 176 cm³/mol. The lowest BCUT2D eigenvalue weighted by Gasteiger charge is -2.18. The fourth-order valence-electron chi connectivity index (χ4n) is 5.23. The van der Waals surface area contributed by atoms with E-state index in [0.29, 0.717) is 34.0 Å². The fraction of sp³-hybridized carbons (Fsp3) is 0.0263. The van der Waals surface area contributed by atoms with Gasteiger partial charge in [-0.3, -0.25) is 0 Å². The lowest BCUT2D eigenvalue weighted by Crippen LogP contribution is -2.23. The van der Waals surface area contributed by atoms with E-state index in [4.69, 9.17) is 9.47 Å². The van der Waals surface area contributed by atoms with Crippen molar-refractivity contribution >= 4 is 17.6 Å². The summed E-state index contributed by atoms with van der Waals surface area (Å²) in [6.45, 7) is 0. The largest absolute Gasteiger partial charge is 0.422 e. The summed E-state index contributed by atoms with van der Waals surface area (Å²) in [5.41, 5.74) is 6.01. The van der Waals surface area contributed by atoms with Gasteiger partial charge in [0, 0.05) is 17.3 Å². The number of hydrogen-bond acceptors (Lipinski definition) is 7. The molecule has 2 heterocycles. The van der Waals surface area contributed by atoms with E-state index in [1.54, 1.807) is 66.9 Å². The van der Waals surface area contributed by atoms with Gasteiger partial charge in [0.15, 0.2) is 0 Å². The number of aromatic amines is 1. The van der Waals surface area contributed by atoms with E-state index in [1.165, 1.54) is 0 Å². The van der Waals surface area contributed by atoms with Gasteiger partial charge in [-0.15, -0.1) is 0 Å². The van der Waals surface area contributed by atoms with Crippen LogP contribution in [0.1, 0.15) is 38.0 Å². The van der Waals surface area contributed by atoms with Gasteiger partial charge in [-0.2, -0.15) is 0 Å². The topological polar surface area (TPSA) is 105 Å². The summed E-state index contributed by atoms with van der Waals surface area (Å²) in [6.07, 6.45) is 3.38. The van der Waals surface area contributed by atoms with E-state index in [2.05, 4.69) is 26.7 Å². The first-order valence-corrected chi connectivity index (χ1v) is 14.7. The lowest BCUT2D eigenvalue weighted by atomic mass is 10.1. The van der Waals surface area contributed by atoms with E-state index in [1.807, 2.05) is 72.9 Å². The number of carbonyl (C=O) groups is 2. The maximum atomic E-state index is 12.8. The van der Waals surface area contributed by atoms with Crippen LogP contribution in [0.5, 0.6) is 11.5 Å². The Morgan fingerprint density at radius 3 is 1.98 bits per heavy atom. The van der Waals surface area contributed by atoms with Gasteiger partial charge < -0.3 is 25.1 Å². The van der Waals surface area contributed by atoms with Crippen LogP contribution in [0.2, 0.25) is 0 Å². The van der Waals surface area contributed by atoms with Crippen molar-refractivity contribution in [2.45, 2.75) is 6.17 Å². The molecule has 7 rings (SSSR count). The summed E-state index contributed by atoms with van der Waals surface area (Å²) >= 11 is 0. The Labute approximate surface area is 265 Å². The summed E-state index contributed by atoms with van der Waals surface area (Å²) in [4.78, 5) is 33.5. The molecular formula is C38H28N4O4. The van der Waals surface area contributed by atoms with Crippen LogP contribution in [-0.2, 0) is 0 Å². The van der Waals surface area contributed by atoms with Gasteiger partial charge in [-0.05, 0) is 54.1 Å². The van der Waals surface area contributed by atoms with Gasteiger partial charge in [0.25, 0.3) is 0 Å². The van der Waals surface area contributed by atoms with Crippen molar-refractivity contribution in [1.29, 1.82) is 0 Å². The van der Waals surface area contributed by atoms with E-state index < -0.39 is 11.9 Å². The first-order valence-electron chi connectivity index (χ1n) is 14.7. The van der Waals surface area contributed by atoms with Crippen LogP contribution in [0.15, 0.2) is 146 Å². The van der Waals surface area contributed by atoms with Gasteiger partial charge >= 0.3 is 11.9 Å². The van der Waals surface area contributed by atoms with Crippen molar-refractivity contribution in [2.75, 3.05) is 0 Å². The van der Waals surface area contributed by atoms with Crippen molar-refractivity contribution in [3.63, 3.8) is 0 Å². The molecule has 224 valence electrons. The average molecular weight is 605 g/mol. The second kappa shape index (κ2) is 12.7. The number of carbonyl (C=O) groups excluding carboxylic acids is 2. The zero-order valence-electron chi connectivity index (χ0n) is 24.5. The third-order valence-electron chi connectivity index (χ3n) is 7.55. The number of H-pyrrole nitrogens is 1. The Kier molecular flexibility index (Phi) is 7.82. The molecule has 0 amide bonds. The minimum absolute atomic E-state index is 0.299. The van der Waals surface area contributed by atoms with Gasteiger partial charge in [0.1, 0.15) is 23.5 Å². The van der Waals surface area contributed by atoms with Crippen molar-refractivity contribution in [2.24, 2.45) is 0 Å². The summed E-state index contributed by atoms with van der Waals surface area (Å²) in [7, 11) is 0. The molecule has 3 N–H and O–H groups in total. The molecule has 0 radical (unpaired) electrons. The fourth-order valence-corrected chi connectivity index (χ4v) is 5.23. The number of rotatable bonds is 8. The number of nitrogens with one attached hydrogen (secondary N) is 3. The summed E-state index contributed by atoms with van der Waals surface area (Å²) in [5, 5.41) is 6.88. The van der Waals surface area contributed by atoms with E-state index in [-0.39, 0.29) is 6.17 Å². The number of nitrogens with zero attached hydrogens (tertiary/aromatic N) is 1. The van der Waals surface area contributed by atoms with Crippen molar-refractivity contribution < 1.29 is 19.1 Å². The number of ether oxygens (including phenoxy) is 2. The third-order valence-corrected chi connectivity index (χ3v) is 7.55. The Morgan fingerprint density at radius 1 is 0.630 bits per heavy atom. The molecule has 1 aliphatic rings. The highest BCUT2D eigenvalue weighted by atomic mass is 16.5. The van der Waals surface area contributed by atoms with Gasteiger partial charge in [0.2, 0.25) is 0 Å². The monoisotopic (exact) mass is 604 g/mol. The molecule has 0 saturated heterocycles. The zero-order chi connectivity index (χ0) is 31.3. The van der Waals surface area contributed by atoms with Crippen molar-refractivity contribution in [3.05, 3.63) is 168 Å². The molecule has 8 nitrogen and oxygen atoms in total. The molecule has 0 aliphatic carbocycles. The smallest absolute Gasteiger partial charge is 0.343 e. The average Bonchev–Trinajstić information content (AvgIpc) is 3.81. The minimum atomic E-state index is -0.436. The summed E-state index contributed by atoms with van der Waals surface area (Å²) < 4.78 is 11.5. The molecule has 46 heavy (non-hydrogen) atoms. The maximum Gasteiger partial charge on any atom is 0.343 e. The summed E-state index contributed by atoms with van der Waals surface area (Å²) in [5.74, 6) is 0.623. The highest BCUT2D eigenvalue weighted by Crippen LogP contribution is 2.33. The normalized spacial score (nSPS) is 13.7. The number of imidazole rings is 1. The molecule has 1 unspecified atom stereocenters. The van der Waals surface area contributed by atoms with Crippen LogP contribution >= 0.6 is 0 Å². The van der Waals surface area contributed by atoms with Gasteiger partial charge in [-0.25, -0.2) is 14.6 Å². The molecule has 6 aromatic rings.